The fourth-order valence-electron chi connectivity index (χ4n) is 3.19. The summed E-state index contributed by atoms with van der Waals surface area (Å²) in [7, 11) is 0. The van der Waals surface area contributed by atoms with E-state index in [0.717, 1.165) is 30.8 Å². The van der Waals surface area contributed by atoms with Gasteiger partial charge >= 0.3 is 0 Å². The van der Waals surface area contributed by atoms with Crippen LogP contribution in [0.4, 0.5) is 4.39 Å². The summed E-state index contributed by atoms with van der Waals surface area (Å²) in [5.74, 6) is 1.72. The van der Waals surface area contributed by atoms with Crippen molar-refractivity contribution in [3.8, 4) is 0 Å². The van der Waals surface area contributed by atoms with Crippen LogP contribution in [0.1, 0.15) is 30.9 Å². The van der Waals surface area contributed by atoms with Crippen LogP contribution in [0.3, 0.4) is 0 Å². The molecular weight excluding hydrogens is 299 g/mol. The van der Waals surface area contributed by atoms with Gasteiger partial charge in [-0.1, -0.05) is 17.7 Å². The van der Waals surface area contributed by atoms with Crippen LogP contribution in [0.5, 0.6) is 0 Å². The van der Waals surface area contributed by atoms with Crippen molar-refractivity contribution in [1.82, 2.24) is 0 Å². The van der Waals surface area contributed by atoms with Gasteiger partial charge in [0.1, 0.15) is 5.82 Å². The van der Waals surface area contributed by atoms with Gasteiger partial charge < -0.3 is 9.84 Å². The molecule has 5 heteroatoms. The Kier molecular flexibility index (Phi) is 4.27. The normalized spacial score (nSPS) is 31.6. The SMILES string of the molecule is OC(c1ccc(Cl)cc1F)C1CCOC2(CCSC2)C1. The van der Waals surface area contributed by atoms with Crippen LogP contribution in [0, 0.1) is 11.7 Å². The molecule has 0 amide bonds. The zero-order chi connectivity index (χ0) is 14.2. The molecule has 1 spiro atoms. The van der Waals surface area contributed by atoms with Crippen LogP contribution in [-0.2, 0) is 4.74 Å². The third kappa shape index (κ3) is 2.84. The van der Waals surface area contributed by atoms with Crippen LogP contribution in [0.15, 0.2) is 18.2 Å². The molecule has 2 saturated heterocycles. The molecule has 3 atom stereocenters. The predicted molar refractivity (Wildman–Crippen MR) is 79.7 cm³/mol. The fourth-order valence-corrected chi connectivity index (χ4v) is 4.73. The Morgan fingerprint density at radius 3 is 3.05 bits per heavy atom. The summed E-state index contributed by atoms with van der Waals surface area (Å²) >= 11 is 7.66. The van der Waals surface area contributed by atoms with E-state index in [9.17, 15) is 9.50 Å². The Labute approximate surface area is 127 Å². The van der Waals surface area contributed by atoms with Gasteiger partial charge in [-0.25, -0.2) is 4.39 Å². The molecule has 0 bridgehead atoms. The first-order valence-corrected chi connectivity index (χ1v) is 8.48. The maximum absolute atomic E-state index is 13.9. The van der Waals surface area contributed by atoms with Gasteiger partial charge in [0.2, 0.25) is 0 Å². The summed E-state index contributed by atoms with van der Waals surface area (Å²) in [6, 6.07) is 4.48. The highest BCUT2D eigenvalue weighted by molar-refractivity contribution is 7.99. The lowest BCUT2D eigenvalue weighted by molar-refractivity contribution is -0.102. The molecule has 3 unspecified atom stereocenters. The van der Waals surface area contributed by atoms with Crippen molar-refractivity contribution in [2.24, 2.45) is 5.92 Å². The van der Waals surface area contributed by atoms with Crippen LogP contribution < -0.4 is 0 Å². The molecule has 0 aliphatic carbocycles. The molecule has 1 N–H and O–H groups in total. The zero-order valence-corrected chi connectivity index (χ0v) is 12.7. The second-order valence-corrected chi connectivity index (χ2v) is 7.24. The Morgan fingerprint density at radius 1 is 1.50 bits per heavy atom. The van der Waals surface area contributed by atoms with E-state index in [2.05, 4.69) is 0 Å². The van der Waals surface area contributed by atoms with Gasteiger partial charge in [-0.2, -0.15) is 11.8 Å². The van der Waals surface area contributed by atoms with Gasteiger partial charge in [-0.3, -0.25) is 0 Å². The van der Waals surface area contributed by atoms with Gasteiger partial charge in [0.15, 0.2) is 0 Å². The monoisotopic (exact) mass is 316 g/mol. The minimum absolute atomic E-state index is 0.0538. The molecule has 2 heterocycles. The molecule has 2 nitrogen and oxygen atoms in total. The third-order valence-corrected chi connectivity index (χ3v) is 5.78. The van der Waals surface area contributed by atoms with Crippen molar-refractivity contribution in [3.63, 3.8) is 0 Å². The molecule has 1 aromatic rings. The molecule has 0 aromatic heterocycles. The van der Waals surface area contributed by atoms with E-state index in [0.29, 0.717) is 17.2 Å². The molecule has 2 fully saturated rings. The second kappa shape index (κ2) is 5.84. The molecule has 20 heavy (non-hydrogen) atoms. The predicted octanol–water partition coefficient (Wildman–Crippen LogP) is 3.81. The highest BCUT2D eigenvalue weighted by Gasteiger charge is 2.42. The molecule has 2 aliphatic heterocycles. The number of hydrogen-bond acceptors (Lipinski definition) is 3. The van der Waals surface area contributed by atoms with Crippen LogP contribution >= 0.6 is 23.4 Å². The highest BCUT2D eigenvalue weighted by atomic mass is 35.5. The van der Waals surface area contributed by atoms with E-state index >= 15 is 0 Å². The lowest BCUT2D eigenvalue weighted by atomic mass is 9.80. The number of aliphatic hydroxyl groups excluding tert-OH is 1. The number of benzene rings is 1. The Morgan fingerprint density at radius 2 is 2.35 bits per heavy atom. The summed E-state index contributed by atoms with van der Waals surface area (Å²) in [6.07, 6.45) is 1.83. The Bertz CT molecular complexity index is 491. The number of halogens is 2. The number of rotatable bonds is 2. The molecule has 2 aliphatic rings. The number of thioether (sulfide) groups is 1. The number of aliphatic hydroxyl groups is 1. The van der Waals surface area contributed by atoms with Gasteiger partial charge in [-0.05, 0) is 43.1 Å². The number of ether oxygens (including phenoxy) is 1. The van der Waals surface area contributed by atoms with Crippen molar-refractivity contribution in [3.05, 3.63) is 34.6 Å². The Hall–Kier alpha value is -0.290. The minimum Gasteiger partial charge on any atom is -0.388 e. The lowest BCUT2D eigenvalue weighted by Gasteiger charge is -2.39. The smallest absolute Gasteiger partial charge is 0.130 e. The van der Waals surface area contributed by atoms with E-state index in [4.69, 9.17) is 16.3 Å². The van der Waals surface area contributed by atoms with Crippen molar-refractivity contribution in [2.45, 2.75) is 31.0 Å². The van der Waals surface area contributed by atoms with E-state index < -0.39 is 11.9 Å². The van der Waals surface area contributed by atoms with E-state index in [1.165, 1.54) is 6.07 Å². The van der Waals surface area contributed by atoms with Crippen molar-refractivity contribution in [2.75, 3.05) is 18.1 Å². The molecular formula is C15H18ClFO2S. The second-order valence-electron chi connectivity index (χ2n) is 5.70. The van der Waals surface area contributed by atoms with E-state index in [1.54, 1.807) is 12.1 Å². The van der Waals surface area contributed by atoms with Gasteiger partial charge in [0.05, 0.1) is 11.7 Å². The van der Waals surface area contributed by atoms with Crippen molar-refractivity contribution in [1.29, 1.82) is 0 Å². The van der Waals surface area contributed by atoms with Gasteiger partial charge in [-0.15, -0.1) is 0 Å². The topological polar surface area (TPSA) is 29.5 Å². The van der Waals surface area contributed by atoms with E-state index in [1.807, 2.05) is 11.8 Å². The molecule has 110 valence electrons. The zero-order valence-electron chi connectivity index (χ0n) is 11.1. The third-order valence-electron chi connectivity index (χ3n) is 4.33. The minimum atomic E-state index is -0.779. The molecule has 3 rings (SSSR count). The Balaban J connectivity index is 1.77. The molecule has 0 radical (unpaired) electrons. The average molecular weight is 317 g/mol. The first-order valence-electron chi connectivity index (χ1n) is 6.94. The standard InChI is InChI=1S/C15H18ClFO2S/c16-11-1-2-12(13(17)7-11)14(18)10-3-5-19-15(8-10)4-6-20-9-15/h1-2,7,10,14,18H,3-6,8-9H2. The fraction of sp³-hybridized carbons (Fsp3) is 0.600. The quantitative estimate of drug-likeness (QED) is 0.899. The summed E-state index contributed by atoms with van der Waals surface area (Å²) in [5.41, 5.74) is 0.249. The summed E-state index contributed by atoms with van der Waals surface area (Å²) in [5, 5.41) is 10.9. The van der Waals surface area contributed by atoms with Gasteiger partial charge in [0, 0.05) is 22.9 Å². The maximum atomic E-state index is 13.9. The van der Waals surface area contributed by atoms with Crippen molar-refractivity contribution < 1.29 is 14.2 Å². The molecule has 1 aromatic carbocycles. The summed E-state index contributed by atoms with van der Waals surface area (Å²) in [6.45, 7) is 0.650. The van der Waals surface area contributed by atoms with Crippen molar-refractivity contribution >= 4 is 23.4 Å². The lowest BCUT2D eigenvalue weighted by Crippen LogP contribution is -2.41. The van der Waals surface area contributed by atoms with E-state index in [-0.39, 0.29) is 11.5 Å². The van der Waals surface area contributed by atoms with Gasteiger partial charge in [0.25, 0.3) is 0 Å². The summed E-state index contributed by atoms with van der Waals surface area (Å²) in [4.78, 5) is 0. The van der Waals surface area contributed by atoms with Crippen LogP contribution in [0.2, 0.25) is 5.02 Å². The molecule has 0 saturated carbocycles. The first kappa shape index (κ1) is 14.6. The van der Waals surface area contributed by atoms with Crippen LogP contribution in [-0.4, -0.2) is 28.8 Å². The summed E-state index contributed by atoms with van der Waals surface area (Å²) < 4.78 is 19.9. The number of hydrogen-bond donors (Lipinski definition) is 1. The highest BCUT2D eigenvalue weighted by Crippen LogP contribution is 2.44. The van der Waals surface area contributed by atoms with Crippen LogP contribution in [0.25, 0.3) is 0 Å². The largest absolute Gasteiger partial charge is 0.388 e. The average Bonchev–Trinajstić information content (AvgIpc) is 2.86. The first-order chi connectivity index (χ1) is 9.60. The maximum Gasteiger partial charge on any atom is 0.130 e.